The summed E-state index contributed by atoms with van der Waals surface area (Å²) in [5.74, 6) is 0.786. The zero-order valence-electron chi connectivity index (χ0n) is 13.1. The van der Waals surface area contributed by atoms with Gasteiger partial charge in [-0.2, -0.15) is 0 Å². The molecule has 102 valence electrons. The maximum Gasteiger partial charge on any atom is 0.241 e. The molecule has 0 amide bonds. The standard InChI is InChI=1S/C13H30O2Si2/c1-11(14-16(6,7)8)12(2)15-17(9,10)13(3,4)5/h12H,1H2,2-10H3. The van der Waals surface area contributed by atoms with E-state index >= 15 is 0 Å². The van der Waals surface area contributed by atoms with Gasteiger partial charge in [-0.3, -0.25) is 0 Å². The van der Waals surface area contributed by atoms with Crippen LogP contribution in [0.2, 0.25) is 37.8 Å². The van der Waals surface area contributed by atoms with Gasteiger partial charge in [0, 0.05) is 0 Å². The third-order valence-corrected chi connectivity index (χ3v) is 8.60. The summed E-state index contributed by atoms with van der Waals surface area (Å²) in [5, 5.41) is 0.223. The van der Waals surface area contributed by atoms with E-state index in [9.17, 15) is 0 Å². The second-order valence-electron chi connectivity index (χ2n) is 7.20. The van der Waals surface area contributed by atoms with Crippen molar-refractivity contribution in [3.63, 3.8) is 0 Å². The Labute approximate surface area is 110 Å². The van der Waals surface area contributed by atoms with E-state index in [2.05, 4.69) is 60.1 Å². The van der Waals surface area contributed by atoms with E-state index in [1.54, 1.807) is 0 Å². The summed E-state index contributed by atoms with van der Waals surface area (Å²) in [6.45, 7) is 23.8. The predicted molar refractivity (Wildman–Crippen MR) is 81.3 cm³/mol. The van der Waals surface area contributed by atoms with Crippen LogP contribution in [0.3, 0.4) is 0 Å². The molecule has 0 rings (SSSR count). The average molecular weight is 275 g/mol. The third-order valence-electron chi connectivity index (χ3n) is 3.17. The van der Waals surface area contributed by atoms with Gasteiger partial charge in [0.25, 0.3) is 0 Å². The molecule has 0 bridgehead atoms. The van der Waals surface area contributed by atoms with Crippen LogP contribution >= 0.6 is 0 Å². The Morgan fingerprint density at radius 1 is 1.06 bits per heavy atom. The fraction of sp³-hybridized carbons (Fsp3) is 0.846. The average Bonchev–Trinajstić information content (AvgIpc) is 1.97. The second kappa shape index (κ2) is 5.28. The van der Waals surface area contributed by atoms with E-state index in [1.165, 1.54) is 0 Å². The van der Waals surface area contributed by atoms with Crippen molar-refractivity contribution in [3.05, 3.63) is 12.3 Å². The summed E-state index contributed by atoms with van der Waals surface area (Å²) in [4.78, 5) is 0. The highest BCUT2D eigenvalue weighted by Gasteiger charge is 2.39. The molecule has 0 fully saturated rings. The van der Waals surface area contributed by atoms with Gasteiger partial charge in [0.05, 0.1) is 11.9 Å². The van der Waals surface area contributed by atoms with Gasteiger partial charge in [-0.05, 0) is 44.7 Å². The molecule has 17 heavy (non-hydrogen) atoms. The van der Waals surface area contributed by atoms with Crippen LogP contribution in [0.1, 0.15) is 27.7 Å². The molecule has 0 heterocycles. The summed E-state index contributed by atoms with van der Waals surface area (Å²) >= 11 is 0. The molecule has 0 aliphatic rings. The Balaban J connectivity index is 4.56. The molecule has 0 aliphatic carbocycles. The summed E-state index contributed by atoms with van der Waals surface area (Å²) in [7, 11) is -3.30. The number of rotatable bonds is 5. The molecule has 0 aliphatic heterocycles. The lowest BCUT2D eigenvalue weighted by Gasteiger charge is -2.39. The molecule has 2 nitrogen and oxygen atoms in total. The van der Waals surface area contributed by atoms with Crippen molar-refractivity contribution in [3.8, 4) is 0 Å². The zero-order valence-corrected chi connectivity index (χ0v) is 15.1. The molecule has 1 unspecified atom stereocenters. The Bertz CT molecular complexity index is 272. The van der Waals surface area contributed by atoms with E-state index in [0.717, 1.165) is 5.76 Å². The Morgan fingerprint density at radius 2 is 1.47 bits per heavy atom. The van der Waals surface area contributed by atoms with Crippen molar-refractivity contribution >= 4 is 16.6 Å². The van der Waals surface area contributed by atoms with Crippen LogP contribution in [-0.4, -0.2) is 22.7 Å². The van der Waals surface area contributed by atoms with Gasteiger partial charge in [0.1, 0.15) is 0 Å². The molecular formula is C13H30O2Si2. The van der Waals surface area contributed by atoms with Gasteiger partial charge in [-0.25, -0.2) is 0 Å². The molecule has 4 heteroatoms. The largest absolute Gasteiger partial charge is 0.546 e. The van der Waals surface area contributed by atoms with Crippen LogP contribution in [0.25, 0.3) is 0 Å². The first-order valence-corrected chi connectivity index (χ1v) is 12.6. The fourth-order valence-corrected chi connectivity index (χ4v) is 3.48. The third kappa shape index (κ3) is 5.88. The lowest BCUT2D eigenvalue weighted by Crippen LogP contribution is -2.44. The molecule has 0 saturated heterocycles. The van der Waals surface area contributed by atoms with Crippen molar-refractivity contribution in [1.82, 2.24) is 0 Å². The van der Waals surface area contributed by atoms with E-state index < -0.39 is 16.6 Å². The first-order valence-electron chi connectivity index (χ1n) is 6.32. The Hall–Kier alpha value is -0.0662. The maximum absolute atomic E-state index is 6.25. The van der Waals surface area contributed by atoms with Gasteiger partial charge >= 0.3 is 0 Å². The Kier molecular flexibility index (Phi) is 5.26. The normalized spacial score (nSPS) is 15.6. The minimum Gasteiger partial charge on any atom is -0.546 e. The van der Waals surface area contributed by atoms with E-state index in [1.807, 2.05) is 6.92 Å². The SMILES string of the molecule is C=C(O[Si](C)(C)C)C(C)O[Si](C)(C)C(C)(C)C. The van der Waals surface area contributed by atoms with Crippen molar-refractivity contribution in [2.75, 3.05) is 0 Å². The summed E-state index contributed by atoms with van der Waals surface area (Å²) in [5.41, 5.74) is 0. The topological polar surface area (TPSA) is 18.5 Å². The summed E-state index contributed by atoms with van der Waals surface area (Å²) < 4.78 is 12.1. The highest BCUT2D eigenvalue weighted by atomic mass is 28.4. The maximum atomic E-state index is 6.25. The zero-order chi connectivity index (χ0) is 14.1. The van der Waals surface area contributed by atoms with E-state index in [-0.39, 0.29) is 11.1 Å². The van der Waals surface area contributed by atoms with Crippen molar-refractivity contribution < 1.29 is 8.85 Å². The van der Waals surface area contributed by atoms with Crippen molar-refractivity contribution in [1.29, 1.82) is 0 Å². The van der Waals surface area contributed by atoms with Crippen LogP contribution in [0.5, 0.6) is 0 Å². The smallest absolute Gasteiger partial charge is 0.241 e. The van der Waals surface area contributed by atoms with Gasteiger partial charge < -0.3 is 8.85 Å². The Morgan fingerprint density at radius 3 is 1.76 bits per heavy atom. The van der Waals surface area contributed by atoms with Gasteiger partial charge in [-0.1, -0.05) is 27.4 Å². The van der Waals surface area contributed by atoms with Crippen LogP contribution in [0.15, 0.2) is 12.3 Å². The predicted octanol–water partition coefficient (Wildman–Crippen LogP) is 4.76. The molecule has 0 N–H and O–H groups in total. The quantitative estimate of drug-likeness (QED) is 0.531. The van der Waals surface area contributed by atoms with Crippen LogP contribution in [0.4, 0.5) is 0 Å². The van der Waals surface area contributed by atoms with Gasteiger partial charge in [0.2, 0.25) is 8.32 Å². The first-order chi connectivity index (χ1) is 7.26. The fourth-order valence-electron chi connectivity index (χ4n) is 1.16. The summed E-state index contributed by atoms with van der Waals surface area (Å²) in [6, 6.07) is 0. The molecule has 0 aromatic heterocycles. The minimum absolute atomic E-state index is 0.0115. The highest BCUT2D eigenvalue weighted by Crippen LogP contribution is 2.38. The first kappa shape index (κ1) is 16.9. The van der Waals surface area contributed by atoms with Crippen molar-refractivity contribution in [2.45, 2.75) is 71.6 Å². The van der Waals surface area contributed by atoms with Gasteiger partial charge in [-0.15, -0.1) is 0 Å². The summed E-state index contributed by atoms with van der Waals surface area (Å²) in [6.07, 6.45) is -0.0115. The monoisotopic (exact) mass is 274 g/mol. The lowest BCUT2D eigenvalue weighted by atomic mass is 10.2. The molecule has 0 aromatic carbocycles. The highest BCUT2D eigenvalue weighted by molar-refractivity contribution is 6.74. The van der Waals surface area contributed by atoms with Crippen LogP contribution in [0, 0.1) is 0 Å². The molecule has 0 saturated carbocycles. The molecule has 1 atom stereocenters. The van der Waals surface area contributed by atoms with Crippen LogP contribution < -0.4 is 0 Å². The molecule has 0 radical (unpaired) electrons. The molecule has 0 spiro atoms. The van der Waals surface area contributed by atoms with E-state index in [0.29, 0.717) is 0 Å². The van der Waals surface area contributed by atoms with Gasteiger partial charge in [0.15, 0.2) is 8.32 Å². The lowest BCUT2D eigenvalue weighted by molar-refractivity contribution is 0.181. The number of hydrogen-bond acceptors (Lipinski definition) is 2. The van der Waals surface area contributed by atoms with Crippen molar-refractivity contribution in [2.24, 2.45) is 0 Å². The van der Waals surface area contributed by atoms with E-state index in [4.69, 9.17) is 8.85 Å². The minimum atomic E-state index is -1.73. The second-order valence-corrected chi connectivity index (χ2v) is 16.4. The van der Waals surface area contributed by atoms with Crippen LogP contribution in [-0.2, 0) is 8.85 Å². The molecular weight excluding hydrogens is 244 g/mol. The molecule has 0 aromatic rings. The number of hydrogen-bond donors (Lipinski definition) is 0.